The van der Waals surface area contributed by atoms with E-state index in [0.717, 1.165) is 12.2 Å². The zero-order valence-electron chi connectivity index (χ0n) is 19.3. The number of aliphatic hydroxyl groups excluding tert-OH is 1. The zero-order chi connectivity index (χ0) is 24.4. The molecule has 0 aromatic carbocycles. The van der Waals surface area contributed by atoms with Crippen LogP contribution in [0.5, 0.6) is 0 Å². The maximum absolute atomic E-state index is 12.5. The van der Waals surface area contributed by atoms with E-state index in [-0.39, 0.29) is 37.8 Å². The van der Waals surface area contributed by atoms with Crippen molar-refractivity contribution >= 4 is 45.7 Å². The number of allylic oxidation sites excluding steroid dienone is 1. The summed E-state index contributed by atoms with van der Waals surface area (Å²) in [4.78, 5) is 46.9. The van der Waals surface area contributed by atoms with Crippen LogP contribution < -0.4 is 16.0 Å². The standard InChI is InChI=1S/C21H37N3O6S2/c1-5-15(2)21(24-19(28)14-22-3)17(26)13-20(29)30-16(8-6-7-11-32-31-4)12-18(27)23-9-10-25/h6,8,10,15-17,21-22,26H,5,7,9,11-14H2,1-4H3,(H,23,27)(H,24,28)/t15-,16-,17?,21?/m1/s1. The van der Waals surface area contributed by atoms with Crippen LogP contribution in [0.15, 0.2) is 12.2 Å². The number of rotatable bonds is 18. The average molecular weight is 492 g/mol. The van der Waals surface area contributed by atoms with Crippen LogP contribution in [-0.2, 0) is 23.9 Å². The predicted octanol–water partition coefficient (Wildman–Crippen LogP) is 1.06. The van der Waals surface area contributed by atoms with Crippen molar-refractivity contribution in [3.8, 4) is 0 Å². The number of hydrogen-bond acceptors (Lipinski definition) is 9. The molecule has 0 aliphatic heterocycles. The van der Waals surface area contributed by atoms with Crippen molar-refractivity contribution in [2.24, 2.45) is 5.92 Å². The number of nitrogens with one attached hydrogen (secondary N) is 3. The number of aldehydes is 1. The monoisotopic (exact) mass is 491 g/mol. The number of carbonyl (C=O) groups excluding carboxylic acids is 4. The molecule has 4 atom stereocenters. The van der Waals surface area contributed by atoms with Crippen LogP contribution in [-0.4, -0.2) is 79.6 Å². The van der Waals surface area contributed by atoms with Crippen LogP contribution in [0.1, 0.15) is 39.5 Å². The molecule has 0 bridgehead atoms. The first-order valence-corrected chi connectivity index (χ1v) is 13.4. The minimum atomic E-state index is -1.13. The van der Waals surface area contributed by atoms with Gasteiger partial charge in [0.1, 0.15) is 12.4 Å². The molecule has 32 heavy (non-hydrogen) atoms. The number of aliphatic hydroxyl groups is 1. The number of carbonyl (C=O) groups is 4. The van der Waals surface area contributed by atoms with Gasteiger partial charge >= 0.3 is 5.97 Å². The Labute approximate surface area is 198 Å². The van der Waals surface area contributed by atoms with Gasteiger partial charge < -0.3 is 30.6 Å². The van der Waals surface area contributed by atoms with Gasteiger partial charge in [0.15, 0.2) is 0 Å². The lowest BCUT2D eigenvalue weighted by Gasteiger charge is -2.29. The summed E-state index contributed by atoms with van der Waals surface area (Å²) in [6, 6.07) is -0.609. The number of likely N-dealkylation sites (N-methyl/N-ethyl adjacent to an activating group) is 1. The van der Waals surface area contributed by atoms with E-state index in [0.29, 0.717) is 12.7 Å². The van der Waals surface area contributed by atoms with Gasteiger partial charge in [-0.05, 0) is 31.7 Å². The van der Waals surface area contributed by atoms with Gasteiger partial charge in [-0.25, -0.2) is 0 Å². The lowest BCUT2D eigenvalue weighted by Crippen LogP contribution is -2.50. The summed E-state index contributed by atoms with van der Waals surface area (Å²) in [5.74, 6) is -0.559. The van der Waals surface area contributed by atoms with Crippen molar-refractivity contribution in [1.82, 2.24) is 16.0 Å². The number of esters is 1. The van der Waals surface area contributed by atoms with Crippen molar-refractivity contribution in [3.05, 3.63) is 12.2 Å². The van der Waals surface area contributed by atoms with Crippen molar-refractivity contribution in [1.29, 1.82) is 0 Å². The van der Waals surface area contributed by atoms with Gasteiger partial charge in [0, 0.05) is 5.75 Å². The number of amides is 2. The largest absolute Gasteiger partial charge is 0.457 e. The first-order valence-electron chi connectivity index (χ1n) is 10.6. The average Bonchev–Trinajstić information content (AvgIpc) is 2.75. The third kappa shape index (κ3) is 14.5. The third-order valence-corrected chi connectivity index (χ3v) is 6.45. The first kappa shape index (κ1) is 30.4. The highest BCUT2D eigenvalue weighted by molar-refractivity contribution is 8.76. The van der Waals surface area contributed by atoms with Gasteiger partial charge in [0.2, 0.25) is 11.8 Å². The maximum atomic E-state index is 12.5. The molecule has 0 radical (unpaired) electrons. The summed E-state index contributed by atoms with van der Waals surface area (Å²) in [6.07, 6.45) is 5.08. The summed E-state index contributed by atoms with van der Waals surface area (Å²) in [5, 5.41) is 18.5. The molecule has 9 nitrogen and oxygen atoms in total. The number of ether oxygens (including phenoxy) is 1. The minimum Gasteiger partial charge on any atom is -0.457 e. The Balaban J connectivity index is 5.05. The molecule has 11 heteroatoms. The molecule has 0 aromatic rings. The molecule has 0 saturated heterocycles. The molecule has 0 rings (SSSR count). The summed E-state index contributed by atoms with van der Waals surface area (Å²) in [5.41, 5.74) is 0. The van der Waals surface area contributed by atoms with Crippen molar-refractivity contribution < 1.29 is 29.0 Å². The molecule has 0 saturated carbocycles. The van der Waals surface area contributed by atoms with Gasteiger partial charge in [-0.15, -0.1) is 0 Å². The highest BCUT2D eigenvalue weighted by Gasteiger charge is 2.29. The lowest BCUT2D eigenvalue weighted by molar-refractivity contribution is -0.151. The molecule has 2 amide bonds. The summed E-state index contributed by atoms with van der Waals surface area (Å²) in [6.45, 7) is 3.80. The van der Waals surface area contributed by atoms with Crippen LogP contribution in [0.2, 0.25) is 0 Å². The molecular formula is C21H37N3O6S2. The van der Waals surface area contributed by atoms with E-state index in [1.807, 2.05) is 26.2 Å². The molecule has 0 aliphatic rings. The fourth-order valence-corrected chi connectivity index (χ4v) is 3.98. The van der Waals surface area contributed by atoms with E-state index in [9.17, 15) is 24.3 Å². The second-order valence-electron chi connectivity index (χ2n) is 7.19. The molecule has 0 heterocycles. The normalized spacial score (nSPS) is 14.9. The fourth-order valence-electron chi connectivity index (χ4n) is 2.79. The lowest BCUT2D eigenvalue weighted by atomic mass is 9.92. The van der Waals surface area contributed by atoms with Crippen LogP contribution in [0.4, 0.5) is 0 Å². The van der Waals surface area contributed by atoms with Crippen LogP contribution in [0.3, 0.4) is 0 Å². The molecule has 184 valence electrons. The smallest absolute Gasteiger partial charge is 0.309 e. The Morgan fingerprint density at radius 2 is 1.91 bits per heavy atom. The minimum absolute atomic E-state index is 0.0580. The van der Waals surface area contributed by atoms with Crippen LogP contribution in [0.25, 0.3) is 0 Å². The highest BCUT2D eigenvalue weighted by atomic mass is 33.1. The van der Waals surface area contributed by atoms with Gasteiger partial charge in [0.05, 0.1) is 38.1 Å². The van der Waals surface area contributed by atoms with E-state index >= 15 is 0 Å². The molecule has 4 N–H and O–H groups in total. The Hall–Kier alpha value is -1.56. The predicted molar refractivity (Wildman–Crippen MR) is 129 cm³/mol. The molecular weight excluding hydrogens is 454 g/mol. The van der Waals surface area contributed by atoms with Crippen LogP contribution in [0, 0.1) is 5.92 Å². The van der Waals surface area contributed by atoms with Crippen molar-refractivity contribution in [3.63, 3.8) is 0 Å². The molecule has 0 aliphatic carbocycles. The van der Waals surface area contributed by atoms with E-state index in [2.05, 4.69) is 16.0 Å². The van der Waals surface area contributed by atoms with Crippen molar-refractivity contribution in [2.45, 2.75) is 57.8 Å². The third-order valence-electron chi connectivity index (χ3n) is 4.60. The Morgan fingerprint density at radius 3 is 2.50 bits per heavy atom. The van der Waals surface area contributed by atoms with Gasteiger partial charge in [0.25, 0.3) is 0 Å². The topological polar surface area (TPSA) is 134 Å². The van der Waals surface area contributed by atoms with E-state index in [1.54, 1.807) is 34.7 Å². The second kappa shape index (κ2) is 19.0. The fraction of sp³-hybridized carbons (Fsp3) is 0.714. The first-order chi connectivity index (χ1) is 15.3. The Morgan fingerprint density at radius 1 is 1.19 bits per heavy atom. The quantitative estimate of drug-likeness (QED) is 0.0730. The molecule has 0 aromatic heterocycles. The van der Waals surface area contributed by atoms with E-state index in [1.165, 1.54) is 0 Å². The summed E-state index contributed by atoms with van der Waals surface area (Å²) in [7, 11) is 4.98. The number of hydrogen-bond donors (Lipinski definition) is 4. The molecule has 2 unspecified atom stereocenters. The van der Waals surface area contributed by atoms with Crippen LogP contribution >= 0.6 is 21.6 Å². The highest BCUT2D eigenvalue weighted by Crippen LogP contribution is 2.18. The van der Waals surface area contributed by atoms with Gasteiger partial charge in [-0.2, -0.15) is 0 Å². The van der Waals surface area contributed by atoms with Crippen molar-refractivity contribution in [2.75, 3.05) is 32.1 Å². The van der Waals surface area contributed by atoms with E-state index < -0.39 is 30.1 Å². The SMILES string of the molecule is CC[C@@H](C)C(NC(=O)CNC)C(O)CC(=O)O[C@H](C=CCCSSC)CC(=O)NCC=O. The zero-order valence-corrected chi connectivity index (χ0v) is 20.9. The van der Waals surface area contributed by atoms with E-state index in [4.69, 9.17) is 4.74 Å². The van der Waals surface area contributed by atoms with Gasteiger partial charge in [-0.1, -0.05) is 47.9 Å². The Bertz CT molecular complexity index is 606. The van der Waals surface area contributed by atoms with Gasteiger partial charge in [-0.3, -0.25) is 14.4 Å². The molecule has 0 spiro atoms. The summed E-state index contributed by atoms with van der Waals surface area (Å²) < 4.78 is 5.42. The maximum Gasteiger partial charge on any atom is 0.309 e. The molecule has 0 fully saturated rings. The second-order valence-corrected chi connectivity index (χ2v) is 9.87. The Kier molecular flexibility index (Phi) is 18.0. The summed E-state index contributed by atoms with van der Waals surface area (Å²) >= 11 is 0.